The van der Waals surface area contributed by atoms with E-state index in [0.29, 0.717) is 6.54 Å². The van der Waals surface area contributed by atoms with Crippen LogP contribution in [0.15, 0.2) is 0 Å². The molecule has 2 atom stereocenters. The highest BCUT2D eigenvalue weighted by molar-refractivity contribution is 5.90. The smallest absolute Gasteiger partial charge is 0.223 e. The van der Waals surface area contributed by atoms with Gasteiger partial charge in [-0.05, 0) is 0 Å². The van der Waals surface area contributed by atoms with Gasteiger partial charge in [0.2, 0.25) is 11.8 Å². The summed E-state index contributed by atoms with van der Waals surface area (Å²) in [4.78, 5) is 21.4. The number of hydrogen-bond acceptors (Lipinski definition) is 2. The molecule has 0 bridgehead atoms. The molecule has 1 aliphatic rings. The molecule has 56 valence electrons. The number of nitrogens with two attached hydrogens (primary N) is 1. The molecule has 0 spiro atoms. The topological polar surface area (TPSA) is 72.2 Å². The van der Waals surface area contributed by atoms with Crippen LogP contribution < -0.4 is 11.1 Å². The van der Waals surface area contributed by atoms with Crippen LogP contribution in [0.2, 0.25) is 0 Å². The van der Waals surface area contributed by atoms with Crippen molar-refractivity contribution < 1.29 is 9.59 Å². The first-order chi connectivity index (χ1) is 4.63. The van der Waals surface area contributed by atoms with Crippen LogP contribution in [0.1, 0.15) is 6.92 Å². The third-order valence-corrected chi connectivity index (χ3v) is 1.88. The quantitative estimate of drug-likeness (QED) is 0.485. The van der Waals surface area contributed by atoms with Crippen molar-refractivity contribution in [2.45, 2.75) is 6.92 Å². The Hall–Kier alpha value is -1.06. The number of rotatable bonds is 1. The predicted octanol–water partition coefficient (Wildman–Crippen LogP) is -1.15. The normalized spacial score (nSPS) is 31.9. The van der Waals surface area contributed by atoms with Gasteiger partial charge in [-0.1, -0.05) is 6.92 Å². The summed E-state index contributed by atoms with van der Waals surface area (Å²) in [5, 5.41) is 2.56. The van der Waals surface area contributed by atoms with Crippen molar-refractivity contribution in [2.24, 2.45) is 17.6 Å². The second kappa shape index (κ2) is 2.28. The number of carbonyl (C=O) groups is 2. The number of nitrogens with one attached hydrogen (secondary N) is 1. The zero-order valence-corrected chi connectivity index (χ0v) is 5.76. The Morgan fingerprint density at radius 1 is 1.80 bits per heavy atom. The zero-order chi connectivity index (χ0) is 7.72. The van der Waals surface area contributed by atoms with Crippen LogP contribution in [0.5, 0.6) is 0 Å². The van der Waals surface area contributed by atoms with Crippen LogP contribution >= 0.6 is 0 Å². The monoisotopic (exact) mass is 142 g/mol. The van der Waals surface area contributed by atoms with Crippen LogP contribution in [-0.4, -0.2) is 18.4 Å². The van der Waals surface area contributed by atoms with Gasteiger partial charge in [0.15, 0.2) is 0 Å². The van der Waals surface area contributed by atoms with Crippen LogP contribution in [0.4, 0.5) is 0 Å². The van der Waals surface area contributed by atoms with Crippen molar-refractivity contribution in [2.75, 3.05) is 6.54 Å². The maximum Gasteiger partial charge on any atom is 0.223 e. The summed E-state index contributed by atoms with van der Waals surface area (Å²) in [6.45, 7) is 2.10. The molecule has 1 aliphatic heterocycles. The Morgan fingerprint density at radius 2 is 2.40 bits per heavy atom. The van der Waals surface area contributed by atoms with E-state index in [1.807, 2.05) is 0 Å². The second-order valence-electron chi connectivity index (χ2n) is 2.54. The van der Waals surface area contributed by atoms with E-state index in [9.17, 15) is 9.59 Å². The molecular formula is C6H10N2O2. The summed E-state index contributed by atoms with van der Waals surface area (Å²) in [5.74, 6) is -1.04. The Morgan fingerprint density at radius 3 is 2.60 bits per heavy atom. The van der Waals surface area contributed by atoms with Gasteiger partial charge in [0, 0.05) is 12.5 Å². The molecule has 2 unspecified atom stereocenters. The lowest BCUT2D eigenvalue weighted by molar-refractivity contribution is -0.127. The highest BCUT2D eigenvalue weighted by Crippen LogP contribution is 2.15. The average Bonchev–Trinajstić information content (AvgIpc) is 2.14. The zero-order valence-electron chi connectivity index (χ0n) is 5.76. The minimum absolute atomic E-state index is 0.0798. The first-order valence-electron chi connectivity index (χ1n) is 3.20. The van der Waals surface area contributed by atoms with Gasteiger partial charge in [-0.3, -0.25) is 9.59 Å². The number of hydrogen-bond donors (Lipinski definition) is 2. The Balaban J connectivity index is 2.66. The Kier molecular flexibility index (Phi) is 1.61. The highest BCUT2D eigenvalue weighted by atomic mass is 16.2. The standard InChI is InChI=1S/C6H10N2O2/c1-3-4(5(7)9)2-8-6(3)10/h3-4H,2H2,1H3,(H2,7,9)(H,8,10). The fraction of sp³-hybridized carbons (Fsp3) is 0.667. The molecule has 1 heterocycles. The van der Waals surface area contributed by atoms with E-state index >= 15 is 0 Å². The molecule has 0 aliphatic carbocycles. The van der Waals surface area contributed by atoms with Crippen molar-refractivity contribution >= 4 is 11.8 Å². The maximum absolute atomic E-state index is 10.8. The minimum Gasteiger partial charge on any atom is -0.369 e. The van der Waals surface area contributed by atoms with Gasteiger partial charge < -0.3 is 11.1 Å². The largest absolute Gasteiger partial charge is 0.369 e. The molecule has 4 heteroatoms. The summed E-state index contributed by atoms with van der Waals surface area (Å²) in [7, 11) is 0. The molecule has 4 nitrogen and oxygen atoms in total. The fourth-order valence-electron chi connectivity index (χ4n) is 1.08. The van der Waals surface area contributed by atoms with E-state index in [4.69, 9.17) is 5.73 Å². The molecule has 0 aromatic carbocycles. The number of carbonyl (C=O) groups excluding carboxylic acids is 2. The summed E-state index contributed by atoms with van der Waals surface area (Å²) in [5.41, 5.74) is 5.02. The van der Waals surface area contributed by atoms with Crippen molar-refractivity contribution in [3.8, 4) is 0 Å². The Bertz CT molecular complexity index is 179. The molecule has 1 rings (SSSR count). The molecule has 2 amide bonds. The minimum atomic E-state index is -0.397. The number of primary amides is 1. The maximum atomic E-state index is 10.8. The van der Waals surface area contributed by atoms with Gasteiger partial charge in [-0.25, -0.2) is 0 Å². The first kappa shape index (κ1) is 7.05. The van der Waals surface area contributed by atoms with Gasteiger partial charge in [-0.2, -0.15) is 0 Å². The van der Waals surface area contributed by atoms with Crippen LogP contribution in [0.25, 0.3) is 0 Å². The first-order valence-corrected chi connectivity index (χ1v) is 3.20. The van der Waals surface area contributed by atoms with E-state index in [0.717, 1.165) is 0 Å². The van der Waals surface area contributed by atoms with E-state index in [2.05, 4.69) is 5.32 Å². The molecule has 3 N–H and O–H groups in total. The summed E-state index contributed by atoms with van der Waals surface area (Å²) in [6.07, 6.45) is 0. The molecule has 0 radical (unpaired) electrons. The fourth-order valence-corrected chi connectivity index (χ4v) is 1.08. The molecule has 0 aromatic heterocycles. The molecule has 1 saturated heterocycles. The van der Waals surface area contributed by atoms with Crippen LogP contribution in [-0.2, 0) is 9.59 Å². The van der Waals surface area contributed by atoms with Gasteiger partial charge in [0.1, 0.15) is 0 Å². The second-order valence-corrected chi connectivity index (χ2v) is 2.54. The summed E-state index contributed by atoms with van der Waals surface area (Å²) < 4.78 is 0. The van der Waals surface area contributed by atoms with E-state index < -0.39 is 5.91 Å². The van der Waals surface area contributed by atoms with Crippen molar-refractivity contribution in [1.29, 1.82) is 0 Å². The molecule has 0 saturated carbocycles. The van der Waals surface area contributed by atoms with Crippen molar-refractivity contribution in [1.82, 2.24) is 5.32 Å². The molecule has 0 aromatic rings. The van der Waals surface area contributed by atoms with Crippen LogP contribution in [0, 0.1) is 11.8 Å². The highest BCUT2D eigenvalue weighted by Gasteiger charge is 2.34. The lowest BCUT2D eigenvalue weighted by atomic mass is 9.97. The third-order valence-electron chi connectivity index (χ3n) is 1.88. The average molecular weight is 142 g/mol. The predicted molar refractivity (Wildman–Crippen MR) is 34.9 cm³/mol. The van der Waals surface area contributed by atoms with Crippen molar-refractivity contribution in [3.63, 3.8) is 0 Å². The van der Waals surface area contributed by atoms with Gasteiger partial charge in [-0.15, -0.1) is 0 Å². The Labute approximate surface area is 58.8 Å². The number of amides is 2. The van der Waals surface area contributed by atoms with Gasteiger partial charge in [0.25, 0.3) is 0 Å². The summed E-state index contributed by atoms with van der Waals surface area (Å²) in [6, 6.07) is 0. The molecule has 10 heavy (non-hydrogen) atoms. The lowest BCUT2D eigenvalue weighted by Gasteiger charge is -2.05. The van der Waals surface area contributed by atoms with Gasteiger partial charge >= 0.3 is 0 Å². The van der Waals surface area contributed by atoms with Gasteiger partial charge in [0.05, 0.1) is 5.92 Å². The lowest BCUT2D eigenvalue weighted by Crippen LogP contribution is -2.28. The molecule has 1 fully saturated rings. The molecular weight excluding hydrogens is 132 g/mol. The summed E-state index contributed by atoms with van der Waals surface area (Å²) >= 11 is 0. The van der Waals surface area contributed by atoms with E-state index in [-0.39, 0.29) is 17.7 Å². The third kappa shape index (κ3) is 0.964. The SMILES string of the molecule is CC1C(=O)NCC1C(N)=O. The van der Waals surface area contributed by atoms with Crippen LogP contribution in [0.3, 0.4) is 0 Å². The van der Waals surface area contributed by atoms with E-state index in [1.165, 1.54) is 0 Å². The van der Waals surface area contributed by atoms with Crippen molar-refractivity contribution in [3.05, 3.63) is 0 Å². The van der Waals surface area contributed by atoms with E-state index in [1.54, 1.807) is 6.92 Å².